The Kier molecular flexibility index (Phi) is 2.76. The Morgan fingerprint density at radius 2 is 2.17 bits per heavy atom. The monoisotopic (exact) mass is 323 g/mol. The number of pyridine rings is 1. The van der Waals surface area contributed by atoms with E-state index in [9.17, 15) is 4.39 Å². The highest BCUT2D eigenvalue weighted by atomic mass is 79.9. The summed E-state index contributed by atoms with van der Waals surface area (Å²) in [6.07, 6.45) is 3.32. The van der Waals surface area contributed by atoms with E-state index in [1.165, 1.54) is 6.07 Å². The summed E-state index contributed by atoms with van der Waals surface area (Å²) in [7, 11) is 0. The fourth-order valence-electron chi connectivity index (χ4n) is 1.86. The second-order valence-electron chi connectivity index (χ2n) is 3.75. The van der Waals surface area contributed by atoms with Crippen molar-refractivity contribution in [1.82, 2.24) is 14.5 Å². The quantitative estimate of drug-likeness (QED) is 0.687. The number of nitrogens with one attached hydrogen (secondary N) is 1. The lowest BCUT2D eigenvalue weighted by atomic mass is 10.3. The van der Waals surface area contributed by atoms with Crippen LogP contribution < -0.4 is 0 Å². The zero-order chi connectivity index (χ0) is 12.7. The lowest BCUT2D eigenvalue weighted by Crippen LogP contribution is -1.97. The van der Waals surface area contributed by atoms with Gasteiger partial charge in [0.15, 0.2) is 4.77 Å². The van der Waals surface area contributed by atoms with Crippen LogP contribution in [0.1, 0.15) is 0 Å². The Balaban J connectivity index is 2.38. The van der Waals surface area contributed by atoms with Crippen molar-refractivity contribution in [2.24, 2.45) is 0 Å². The molecule has 3 rings (SSSR count). The number of hydrogen-bond acceptors (Lipinski definition) is 2. The molecule has 0 spiro atoms. The molecule has 0 radical (unpaired) electrons. The molecule has 0 fully saturated rings. The predicted octanol–water partition coefficient (Wildman–Crippen LogP) is 3.98. The summed E-state index contributed by atoms with van der Waals surface area (Å²) in [5.41, 5.74) is 2.00. The normalized spacial score (nSPS) is 11.0. The van der Waals surface area contributed by atoms with Crippen molar-refractivity contribution in [3.63, 3.8) is 0 Å². The van der Waals surface area contributed by atoms with Crippen LogP contribution in [0, 0.1) is 10.6 Å². The van der Waals surface area contributed by atoms with E-state index in [0.717, 1.165) is 11.0 Å². The van der Waals surface area contributed by atoms with E-state index in [2.05, 4.69) is 25.9 Å². The maximum absolute atomic E-state index is 14.0. The van der Waals surface area contributed by atoms with Gasteiger partial charge < -0.3 is 4.98 Å². The number of fused-ring (bicyclic) bond motifs is 1. The number of H-pyrrole nitrogens is 1. The number of hydrogen-bond donors (Lipinski definition) is 1. The molecule has 1 aromatic carbocycles. The Hall–Kier alpha value is -1.53. The Morgan fingerprint density at radius 1 is 1.33 bits per heavy atom. The number of aromatic nitrogens is 3. The third kappa shape index (κ3) is 1.77. The van der Waals surface area contributed by atoms with Gasteiger partial charge in [0, 0.05) is 10.7 Å². The van der Waals surface area contributed by atoms with Crippen LogP contribution in [-0.2, 0) is 0 Å². The molecule has 0 bridgehead atoms. The van der Waals surface area contributed by atoms with Crippen molar-refractivity contribution in [2.45, 2.75) is 0 Å². The maximum atomic E-state index is 14.0. The summed E-state index contributed by atoms with van der Waals surface area (Å²) < 4.78 is 16.8. The second kappa shape index (κ2) is 4.29. The minimum atomic E-state index is -0.335. The molecule has 0 saturated heterocycles. The van der Waals surface area contributed by atoms with E-state index in [1.54, 1.807) is 35.2 Å². The molecule has 90 valence electrons. The fourth-order valence-corrected chi connectivity index (χ4v) is 2.50. The molecule has 1 N–H and O–H groups in total. The lowest BCUT2D eigenvalue weighted by molar-refractivity contribution is 0.618. The SMILES string of the molecule is Fc1cc(Br)ccc1-n1c(=S)[nH]c2cnccc21. The summed E-state index contributed by atoms with van der Waals surface area (Å²) in [5, 5.41) is 0. The first-order valence-electron chi connectivity index (χ1n) is 5.17. The van der Waals surface area contributed by atoms with E-state index in [4.69, 9.17) is 12.2 Å². The maximum Gasteiger partial charge on any atom is 0.182 e. The van der Waals surface area contributed by atoms with Crippen molar-refractivity contribution in [2.75, 3.05) is 0 Å². The largest absolute Gasteiger partial charge is 0.329 e. The van der Waals surface area contributed by atoms with Gasteiger partial charge in [0.25, 0.3) is 0 Å². The van der Waals surface area contributed by atoms with Crippen LogP contribution >= 0.6 is 28.1 Å². The molecule has 6 heteroatoms. The first kappa shape index (κ1) is 11.6. The van der Waals surface area contributed by atoms with Gasteiger partial charge in [-0.25, -0.2) is 4.39 Å². The van der Waals surface area contributed by atoms with E-state index in [-0.39, 0.29) is 5.82 Å². The molecular weight excluding hydrogens is 317 g/mol. The zero-order valence-electron chi connectivity index (χ0n) is 9.02. The Labute approximate surface area is 115 Å². The molecule has 0 atom stereocenters. The zero-order valence-corrected chi connectivity index (χ0v) is 11.4. The van der Waals surface area contributed by atoms with Crippen molar-refractivity contribution in [1.29, 1.82) is 0 Å². The number of nitrogens with zero attached hydrogens (tertiary/aromatic N) is 2. The minimum Gasteiger partial charge on any atom is -0.329 e. The van der Waals surface area contributed by atoms with Gasteiger partial charge in [-0.05, 0) is 36.5 Å². The van der Waals surface area contributed by atoms with Crippen molar-refractivity contribution in [3.8, 4) is 5.69 Å². The van der Waals surface area contributed by atoms with Gasteiger partial charge in [0.1, 0.15) is 5.82 Å². The van der Waals surface area contributed by atoms with E-state index >= 15 is 0 Å². The molecule has 3 nitrogen and oxygen atoms in total. The third-order valence-electron chi connectivity index (χ3n) is 2.63. The topological polar surface area (TPSA) is 33.6 Å². The summed E-state index contributed by atoms with van der Waals surface area (Å²) in [5.74, 6) is -0.335. The van der Waals surface area contributed by atoms with Crippen molar-refractivity contribution in [3.05, 3.63) is 51.7 Å². The molecule has 0 saturated carbocycles. The molecule has 18 heavy (non-hydrogen) atoms. The van der Waals surface area contributed by atoms with Gasteiger partial charge in [-0.1, -0.05) is 15.9 Å². The van der Waals surface area contributed by atoms with Gasteiger partial charge in [-0.3, -0.25) is 9.55 Å². The number of imidazole rings is 1. The summed E-state index contributed by atoms with van der Waals surface area (Å²) in [6, 6.07) is 6.67. The van der Waals surface area contributed by atoms with Crippen LogP contribution in [0.15, 0.2) is 41.1 Å². The molecule has 0 unspecified atom stereocenters. The highest BCUT2D eigenvalue weighted by Crippen LogP contribution is 2.23. The van der Waals surface area contributed by atoms with Crippen LogP contribution in [0.2, 0.25) is 0 Å². The van der Waals surface area contributed by atoms with Gasteiger partial charge >= 0.3 is 0 Å². The van der Waals surface area contributed by atoms with Crippen LogP contribution in [-0.4, -0.2) is 14.5 Å². The molecular formula is C12H7BrFN3S. The Morgan fingerprint density at radius 3 is 2.94 bits per heavy atom. The third-order valence-corrected chi connectivity index (χ3v) is 3.41. The number of aromatic amines is 1. The fraction of sp³-hybridized carbons (Fsp3) is 0. The van der Waals surface area contributed by atoms with Crippen LogP contribution in [0.5, 0.6) is 0 Å². The summed E-state index contributed by atoms with van der Waals surface area (Å²) >= 11 is 8.46. The molecule has 0 aliphatic heterocycles. The first-order chi connectivity index (χ1) is 8.66. The van der Waals surface area contributed by atoms with Crippen LogP contribution in [0.25, 0.3) is 16.7 Å². The molecule has 2 heterocycles. The van der Waals surface area contributed by atoms with Gasteiger partial charge in [0.2, 0.25) is 0 Å². The Bertz CT molecular complexity index is 793. The standard InChI is InChI=1S/C12H7BrFN3S/c13-7-1-2-10(8(14)5-7)17-11-3-4-15-6-9(11)16-12(17)18/h1-6H,(H,16,18). The lowest BCUT2D eigenvalue weighted by Gasteiger charge is -2.06. The van der Waals surface area contributed by atoms with Gasteiger partial charge in [0.05, 0.1) is 22.9 Å². The minimum absolute atomic E-state index is 0.335. The van der Waals surface area contributed by atoms with Crippen molar-refractivity contribution >= 4 is 39.2 Å². The number of halogens is 2. The van der Waals surface area contributed by atoms with Gasteiger partial charge in [-0.2, -0.15) is 0 Å². The van der Waals surface area contributed by atoms with Crippen LogP contribution in [0.3, 0.4) is 0 Å². The van der Waals surface area contributed by atoms with E-state index in [0.29, 0.717) is 14.9 Å². The number of rotatable bonds is 1. The molecule has 2 aromatic heterocycles. The molecule has 0 amide bonds. The van der Waals surface area contributed by atoms with Crippen molar-refractivity contribution < 1.29 is 4.39 Å². The first-order valence-corrected chi connectivity index (χ1v) is 6.37. The highest BCUT2D eigenvalue weighted by Gasteiger charge is 2.10. The average Bonchev–Trinajstić information content (AvgIpc) is 2.66. The number of benzene rings is 1. The predicted molar refractivity (Wildman–Crippen MR) is 73.9 cm³/mol. The molecule has 3 aromatic rings. The molecule has 0 aliphatic rings. The second-order valence-corrected chi connectivity index (χ2v) is 5.06. The highest BCUT2D eigenvalue weighted by molar-refractivity contribution is 9.10. The van der Waals surface area contributed by atoms with E-state index in [1.807, 2.05) is 0 Å². The van der Waals surface area contributed by atoms with Crippen LogP contribution in [0.4, 0.5) is 4.39 Å². The summed E-state index contributed by atoms with van der Waals surface area (Å²) in [4.78, 5) is 7.01. The molecule has 0 aliphatic carbocycles. The van der Waals surface area contributed by atoms with E-state index < -0.39 is 0 Å². The smallest absolute Gasteiger partial charge is 0.182 e. The van der Waals surface area contributed by atoms with Gasteiger partial charge in [-0.15, -0.1) is 0 Å². The summed E-state index contributed by atoms with van der Waals surface area (Å²) in [6.45, 7) is 0. The average molecular weight is 324 g/mol.